The third-order valence-electron chi connectivity index (χ3n) is 2.64. The standard InChI is InChI=1S/C14H19N3O/c1-4-16-13-8-6-5-7-12(13)14(18)17(3)10-11(2)9-15/h5-8,11,16H,4,10H2,1-3H3. The van der Waals surface area contributed by atoms with Gasteiger partial charge in [0.25, 0.3) is 5.91 Å². The van der Waals surface area contributed by atoms with Gasteiger partial charge < -0.3 is 10.2 Å². The third kappa shape index (κ3) is 3.49. The van der Waals surface area contributed by atoms with Crippen LogP contribution in [0.25, 0.3) is 0 Å². The van der Waals surface area contributed by atoms with Crippen molar-refractivity contribution >= 4 is 11.6 Å². The number of benzene rings is 1. The maximum Gasteiger partial charge on any atom is 0.255 e. The van der Waals surface area contributed by atoms with Crippen LogP contribution in [0.5, 0.6) is 0 Å². The number of amides is 1. The highest BCUT2D eigenvalue weighted by Crippen LogP contribution is 2.17. The highest BCUT2D eigenvalue weighted by molar-refractivity contribution is 5.99. The van der Waals surface area contributed by atoms with Gasteiger partial charge in [-0.25, -0.2) is 0 Å². The van der Waals surface area contributed by atoms with E-state index >= 15 is 0 Å². The Hall–Kier alpha value is -2.02. The van der Waals surface area contributed by atoms with Gasteiger partial charge in [-0.3, -0.25) is 4.79 Å². The van der Waals surface area contributed by atoms with Gasteiger partial charge in [0.1, 0.15) is 0 Å². The Morgan fingerprint density at radius 2 is 2.17 bits per heavy atom. The van der Waals surface area contributed by atoms with E-state index in [-0.39, 0.29) is 11.8 Å². The van der Waals surface area contributed by atoms with E-state index in [1.165, 1.54) is 0 Å². The fourth-order valence-corrected chi connectivity index (χ4v) is 1.75. The molecule has 4 heteroatoms. The zero-order valence-electron chi connectivity index (χ0n) is 11.1. The molecule has 1 amide bonds. The Morgan fingerprint density at radius 3 is 2.78 bits per heavy atom. The van der Waals surface area contributed by atoms with E-state index in [0.717, 1.165) is 12.2 Å². The highest BCUT2D eigenvalue weighted by Gasteiger charge is 2.16. The molecule has 4 nitrogen and oxygen atoms in total. The van der Waals surface area contributed by atoms with E-state index in [1.807, 2.05) is 25.1 Å². The minimum atomic E-state index is -0.162. The lowest BCUT2D eigenvalue weighted by molar-refractivity contribution is 0.0786. The van der Waals surface area contributed by atoms with Crippen LogP contribution in [0.3, 0.4) is 0 Å². The predicted molar refractivity (Wildman–Crippen MR) is 72.3 cm³/mol. The summed E-state index contributed by atoms with van der Waals surface area (Å²) in [7, 11) is 1.72. The van der Waals surface area contributed by atoms with Crippen LogP contribution in [0, 0.1) is 17.2 Å². The van der Waals surface area contributed by atoms with E-state index in [2.05, 4.69) is 11.4 Å². The fourth-order valence-electron chi connectivity index (χ4n) is 1.75. The predicted octanol–water partition coefficient (Wildman–Crippen LogP) is 2.35. The monoisotopic (exact) mass is 245 g/mol. The molecule has 1 unspecified atom stereocenters. The largest absolute Gasteiger partial charge is 0.385 e. The first-order valence-corrected chi connectivity index (χ1v) is 6.08. The van der Waals surface area contributed by atoms with Crippen LogP contribution in [-0.2, 0) is 0 Å². The Kier molecular flexibility index (Phi) is 5.19. The lowest BCUT2D eigenvalue weighted by Crippen LogP contribution is -2.31. The average Bonchev–Trinajstić information content (AvgIpc) is 2.38. The molecule has 0 heterocycles. The van der Waals surface area contributed by atoms with Gasteiger partial charge >= 0.3 is 0 Å². The molecule has 96 valence electrons. The summed E-state index contributed by atoms with van der Waals surface area (Å²) in [4.78, 5) is 13.9. The van der Waals surface area contributed by atoms with Crippen molar-refractivity contribution in [2.45, 2.75) is 13.8 Å². The molecule has 0 spiro atoms. The molecule has 0 aliphatic heterocycles. The normalized spacial score (nSPS) is 11.4. The van der Waals surface area contributed by atoms with Crippen LogP contribution in [0.4, 0.5) is 5.69 Å². The molecule has 0 fully saturated rings. The van der Waals surface area contributed by atoms with Crippen molar-refractivity contribution in [2.24, 2.45) is 5.92 Å². The van der Waals surface area contributed by atoms with Crippen LogP contribution in [0.2, 0.25) is 0 Å². The first-order valence-electron chi connectivity index (χ1n) is 6.08. The quantitative estimate of drug-likeness (QED) is 0.866. The Balaban J connectivity index is 2.86. The molecule has 0 saturated heterocycles. The fraction of sp³-hybridized carbons (Fsp3) is 0.429. The maximum atomic E-state index is 12.3. The zero-order valence-corrected chi connectivity index (χ0v) is 11.1. The van der Waals surface area contributed by atoms with Gasteiger partial charge in [-0.15, -0.1) is 0 Å². The summed E-state index contributed by atoms with van der Waals surface area (Å²) in [6.45, 7) is 5.00. The van der Waals surface area contributed by atoms with Gasteiger partial charge in [-0.2, -0.15) is 5.26 Å². The smallest absolute Gasteiger partial charge is 0.255 e. The molecule has 0 aliphatic rings. The van der Waals surface area contributed by atoms with Crippen molar-refractivity contribution in [1.82, 2.24) is 4.90 Å². The van der Waals surface area contributed by atoms with Gasteiger partial charge in [0.2, 0.25) is 0 Å². The summed E-state index contributed by atoms with van der Waals surface area (Å²) in [5.74, 6) is -0.223. The van der Waals surface area contributed by atoms with Gasteiger partial charge in [0.05, 0.1) is 17.6 Å². The van der Waals surface area contributed by atoms with Crippen LogP contribution in [-0.4, -0.2) is 30.9 Å². The molecule has 0 radical (unpaired) electrons. The summed E-state index contributed by atoms with van der Waals surface area (Å²) < 4.78 is 0. The first kappa shape index (κ1) is 14.0. The SMILES string of the molecule is CCNc1ccccc1C(=O)N(C)CC(C)C#N. The molecule has 1 rings (SSSR count). The molecule has 0 aliphatic carbocycles. The third-order valence-corrected chi connectivity index (χ3v) is 2.64. The van der Waals surface area contributed by atoms with Gasteiger partial charge in [-0.05, 0) is 26.0 Å². The molecule has 0 aromatic heterocycles. The van der Waals surface area contributed by atoms with E-state index < -0.39 is 0 Å². The molecule has 1 aromatic carbocycles. The number of nitrogens with one attached hydrogen (secondary N) is 1. The minimum absolute atomic E-state index is 0.0614. The lowest BCUT2D eigenvalue weighted by atomic mass is 10.1. The maximum absolute atomic E-state index is 12.3. The summed E-state index contributed by atoms with van der Waals surface area (Å²) in [5, 5.41) is 11.9. The molecule has 18 heavy (non-hydrogen) atoms. The summed E-state index contributed by atoms with van der Waals surface area (Å²) in [6.07, 6.45) is 0. The molecule has 0 bridgehead atoms. The summed E-state index contributed by atoms with van der Waals surface area (Å²) in [6, 6.07) is 9.56. The van der Waals surface area contributed by atoms with Crippen molar-refractivity contribution in [3.05, 3.63) is 29.8 Å². The number of nitriles is 1. The van der Waals surface area contributed by atoms with Crippen LogP contribution >= 0.6 is 0 Å². The number of nitrogens with zero attached hydrogens (tertiary/aromatic N) is 2. The molecule has 1 aromatic rings. The number of anilines is 1. The van der Waals surface area contributed by atoms with Crippen molar-refractivity contribution in [2.75, 3.05) is 25.5 Å². The molecular formula is C14H19N3O. The number of hydrogen-bond acceptors (Lipinski definition) is 3. The van der Waals surface area contributed by atoms with Gasteiger partial charge in [0, 0.05) is 25.8 Å². The second-order valence-electron chi connectivity index (χ2n) is 4.29. The number of carbonyl (C=O) groups is 1. The van der Waals surface area contributed by atoms with Crippen molar-refractivity contribution in [1.29, 1.82) is 5.26 Å². The number of rotatable bonds is 5. The van der Waals surface area contributed by atoms with E-state index in [0.29, 0.717) is 12.1 Å². The summed E-state index contributed by atoms with van der Waals surface area (Å²) in [5.41, 5.74) is 1.48. The Morgan fingerprint density at radius 1 is 1.50 bits per heavy atom. The van der Waals surface area contributed by atoms with E-state index in [1.54, 1.807) is 24.9 Å². The number of para-hydroxylation sites is 1. The van der Waals surface area contributed by atoms with E-state index in [9.17, 15) is 4.79 Å². The van der Waals surface area contributed by atoms with Crippen molar-refractivity contribution in [3.63, 3.8) is 0 Å². The zero-order chi connectivity index (χ0) is 13.5. The van der Waals surface area contributed by atoms with E-state index in [4.69, 9.17) is 5.26 Å². The highest BCUT2D eigenvalue weighted by atomic mass is 16.2. The van der Waals surface area contributed by atoms with Crippen molar-refractivity contribution in [3.8, 4) is 6.07 Å². The first-order chi connectivity index (χ1) is 8.60. The van der Waals surface area contributed by atoms with Crippen LogP contribution in [0.1, 0.15) is 24.2 Å². The average molecular weight is 245 g/mol. The molecule has 0 saturated carbocycles. The minimum Gasteiger partial charge on any atom is -0.385 e. The lowest BCUT2D eigenvalue weighted by Gasteiger charge is -2.20. The summed E-state index contributed by atoms with van der Waals surface area (Å²) >= 11 is 0. The Bertz CT molecular complexity index is 451. The van der Waals surface area contributed by atoms with Gasteiger partial charge in [-0.1, -0.05) is 12.1 Å². The number of carbonyl (C=O) groups excluding carboxylic acids is 1. The molecule has 1 N–H and O–H groups in total. The van der Waals surface area contributed by atoms with Crippen LogP contribution in [0.15, 0.2) is 24.3 Å². The molecule has 1 atom stereocenters. The second-order valence-corrected chi connectivity index (χ2v) is 4.29. The van der Waals surface area contributed by atoms with Crippen LogP contribution < -0.4 is 5.32 Å². The van der Waals surface area contributed by atoms with Gasteiger partial charge in [0.15, 0.2) is 0 Å². The Labute approximate surface area is 108 Å². The topological polar surface area (TPSA) is 56.1 Å². The number of hydrogen-bond donors (Lipinski definition) is 1. The van der Waals surface area contributed by atoms with Crippen molar-refractivity contribution < 1.29 is 4.79 Å². The second kappa shape index (κ2) is 6.65. The molecular weight excluding hydrogens is 226 g/mol.